The first-order valence-corrected chi connectivity index (χ1v) is 4.23. The number of rotatable bonds is 2. The average Bonchev–Trinajstić information content (AvgIpc) is 2.70. The number of halogens is 1. The van der Waals surface area contributed by atoms with Gasteiger partial charge in [0.1, 0.15) is 5.82 Å². The predicted octanol–water partition coefficient (Wildman–Crippen LogP) is 2.65. The Kier molecular flexibility index (Phi) is 2.14. The zero-order valence-electron chi connectivity index (χ0n) is 7.52. The lowest BCUT2D eigenvalue weighted by molar-refractivity contribution is 0.626. The summed E-state index contributed by atoms with van der Waals surface area (Å²) in [6.45, 7) is 3.63. The molecule has 0 spiro atoms. The Hall–Kier alpha value is -1.90. The van der Waals surface area contributed by atoms with Crippen LogP contribution < -0.4 is 0 Å². The van der Waals surface area contributed by atoms with Crippen molar-refractivity contribution in [3.63, 3.8) is 0 Å². The van der Waals surface area contributed by atoms with Crippen LogP contribution in [0.4, 0.5) is 4.39 Å². The summed E-state index contributed by atoms with van der Waals surface area (Å²) in [5.74, 6) is -0.268. The first kappa shape index (κ1) is 8.69. The highest BCUT2D eigenvalue weighted by molar-refractivity contribution is 5.58. The minimum absolute atomic E-state index is 0.268. The van der Waals surface area contributed by atoms with Gasteiger partial charge in [0.15, 0.2) is 0 Å². The third-order valence-corrected chi connectivity index (χ3v) is 1.96. The number of aromatic nitrogens is 2. The van der Waals surface area contributed by atoms with Gasteiger partial charge in [0.25, 0.3) is 0 Å². The second-order valence-electron chi connectivity index (χ2n) is 2.86. The van der Waals surface area contributed by atoms with Gasteiger partial charge in [0.05, 0.1) is 5.69 Å². The molecular formula is C11H9FN2. The van der Waals surface area contributed by atoms with Crippen molar-refractivity contribution in [1.82, 2.24) is 9.78 Å². The molecule has 14 heavy (non-hydrogen) atoms. The Morgan fingerprint density at radius 2 is 2.29 bits per heavy atom. The largest absolute Gasteiger partial charge is 0.240 e. The first-order valence-electron chi connectivity index (χ1n) is 4.23. The van der Waals surface area contributed by atoms with Crippen LogP contribution in [0, 0.1) is 5.82 Å². The van der Waals surface area contributed by atoms with E-state index in [2.05, 4.69) is 11.7 Å². The quantitative estimate of drug-likeness (QED) is 0.708. The van der Waals surface area contributed by atoms with E-state index in [-0.39, 0.29) is 5.82 Å². The summed E-state index contributed by atoms with van der Waals surface area (Å²) in [5.41, 5.74) is 1.56. The zero-order chi connectivity index (χ0) is 9.97. The number of nitrogens with zero attached hydrogens (tertiary/aromatic N) is 2. The van der Waals surface area contributed by atoms with E-state index in [1.54, 1.807) is 29.2 Å². The monoisotopic (exact) mass is 188 g/mol. The van der Waals surface area contributed by atoms with Crippen molar-refractivity contribution in [3.05, 3.63) is 54.6 Å². The van der Waals surface area contributed by atoms with Crippen molar-refractivity contribution < 1.29 is 4.39 Å². The Labute approximate surface area is 81.3 Å². The Morgan fingerprint density at radius 1 is 1.43 bits per heavy atom. The summed E-state index contributed by atoms with van der Waals surface area (Å²) in [7, 11) is 0. The van der Waals surface area contributed by atoms with E-state index in [1.165, 1.54) is 12.1 Å². The SMILES string of the molecule is C=Cc1cc(F)ccc1-n1cccn1. The van der Waals surface area contributed by atoms with Crippen molar-refractivity contribution in [1.29, 1.82) is 0 Å². The molecule has 0 N–H and O–H groups in total. The van der Waals surface area contributed by atoms with E-state index in [4.69, 9.17) is 0 Å². The minimum Gasteiger partial charge on any atom is -0.240 e. The maximum atomic E-state index is 12.9. The lowest BCUT2D eigenvalue weighted by atomic mass is 10.2. The van der Waals surface area contributed by atoms with Crippen molar-refractivity contribution >= 4 is 6.08 Å². The molecule has 2 aromatic rings. The van der Waals surface area contributed by atoms with Crippen LogP contribution in [0.2, 0.25) is 0 Å². The molecule has 0 amide bonds. The van der Waals surface area contributed by atoms with Crippen LogP contribution in [0.15, 0.2) is 43.2 Å². The summed E-state index contributed by atoms with van der Waals surface area (Å²) in [5, 5.41) is 4.07. The van der Waals surface area contributed by atoms with Gasteiger partial charge in [-0.3, -0.25) is 0 Å². The molecule has 1 aromatic heterocycles. The minimum atomic E-state index is -0.268. The summed E-state index contributed by atoms with van der Waals surface area (Å²) in [6.07, 6.45) is 5.09. The van der Waals surface area contributed by atoms with E-state index in [1.807, 2.05) is 6.07 Å². The van der Waals surface area contributed by atoms with E-state index < -0.39 is 0 Å². The lowest BCUT2D eigenvalue weighted by Gasteiger charge is -2.05. The number of hydrogen-bond donors (Lipinski definition) is 0. The van der Waals surface area contributed by atoms with Gasteiger partial charge >= 0.3 is 0 Å². The van der Waals surface area contributed by atoms with Crippen molar-refractivity contribution in [2.75, 3.05) is 0 Å². The third-order valence-electron chi connectivity index (χ3n) is 1.96. The molecule has 0 radical (unpaired) electrons. The molecule has 2 nitrogen and oxygen atoms in total. The molecule has 0 saturated carbocycles. The van der Waals surface area contributed by atoms with Crippen molar-refractivity contribution in [3.8, 4) is 5.69 Å². The molecular weight excluding hydrogens is 179 g/mol. The fraction of sp³-hybridized carbons (Fsp3) is 0. The third kappa shape index (κ3) is 1.44. The number of benzene rings is 1. The normalized spacial score (nSPS) is 10.1. The van der Waals surface area contributed by atoms with Gasteiger partial charge in [0.2, 0.25) is 0 Å². The Bertz CT molecular complexity index is 446. The van der Waals surface area contributed by atoms with Gasteiger partial charge in [-0.15, -0.1) is 0 Å². The maximum absolute atomic E-state index is 12.9. The summed E-state index contributed by atoms with van der Waals surface area (Å²) in [4.78, 5) is 0. The lowest BCUT2D eigenvalue weighted by Crippen LogP contribution is -1.97. The van der Waals surface area contributed by atoms with E-state index in [0.717, 1.165) is 11.3 Å². The van der Waals surface area contributed by atoms with Crippen LogP contribution in [0.25, 0.3) is 11.8 Å². The Morgan fingerprint density at radius 3 is 2.93 bits per heavy atom. The molecule has 0 fully saturated rings. The molecule has 0 atom stereocenters. The van der Waals surface area contributed by atoms with Crippen LogP contribution in [0.1, 0.15) is 5.56 Å². The molecule has 0 unspecified atom stereocenters. The first-order chi connectivity index (χ1) is 6.81. The van der Waals surface area contributed by atoms with Gasteiger partial charge < -0.3 is 0 Å². The van der Waals surface area contributed by atoms with Crippen LogP contribution in [-0.2, 0) is 0 Å². The molecule has 0 saturated heterocycles. The highest BCUT2D eigenvalue weighted by atomic mass is 19.1. The van der Waals surface area contributed by atoms with Crippen LogP contribution in [0.5, 0.6) is 0 Å². The van der Waals surface area contributed by atoms with E-state index in [9.17, 15) is 4.39 Å². The number of hydrogen-bond acceptors (Lipinski definition) is 1. The summed E-state index contributed by atoms with van der Waals surface area (Å²) >= 11 is 0. The smallest absolute Gasteiger partial charge is 0.123 e. The Balaban J connectivity index is 2.58. The molecule has 70 valence electrons. The highest BCUT2D eigenvalue weighted by Crippen LogP contribution is 2.16. The summed E-state index contributed by atoms with van der Waals surface area (Å²) < 4.78 is 14.6. The predicted molar refractivity (Wildman–Crippen MR) is 53.6 cm³/mol. The second kappa shape index (κ2) is 3.46. The van der Waals surface area contributed by atoms with E-state index in [0.29, 0.717) is 0 Å². The molecule has 0 aliphatic heterocycles. The average molecular weight is 188 g/mol. The van der Waals surface area contributed by atoms with Gasteiger partial charge in [-0.05, 0) is 24.3 Å². The maximum Gasteiger partial charge on any atom is 0.123 e. The fourth-order valence-electron chi connectivity index (χ4n) is 1.31. The van der Waals surface area contributed by atoms with Gasteiger partial charge in [-0.25, -0.2) is 9.07 Å². The fourth-order valence-corrected chi connectivity index (χ4v) is 1.31. The van der Waals surface area contributed by atoms with Gasteiger partial charge in [-0.2, -0.15) is 5.10 Å². The van der Waals surface area contributed by atoms with Crippen molar-refractivity contribution in [2.45, 2.75) is 0 Å². The van der Waals surface area contributed by atoms with Crippen molar-refractivity contribution in [2.24, 2.45) is 0 Å². The highest BCUT2D eigenvalue weighted by Gasteiger charge is 2.02. The summed E-state index contributed by atoms with van der Waals surface area (Å²) in [6, 6.07) is 6.34. The zero-order valence-corrected chi connectivity index (χ0v) is 7.52. The molecule has 0 aliphatic carbocycles. The molecule has 1 aromatic carbocycles. The van der Waals surface area contributed by atoms with Crippen LogP contribution in [-0.4, -0.2) is 9.78 Å². The standard InChI is InChI=1S/C11H9FN2/c1-2-9-8-10(12)4-5-11(9)14-7-3-6-13-14/h2-8H,1H2. The second-order valence-corrected chi connectivity index (χ2v) is 2.86. The van der Waals surface area contributed by atoms with Gasteiger partial charge in [-0.1, -0.05) is 12.7 Å². The molecule has 3 heteroatoms. The molecule has 0 aliphatic rings. The van der Waals surface area contributed by atoms with E-state index >= 15 is 0 Å². The molecule has 2 rings (SSSR count). The van der Waals surface area contributed by atoms with Crippen LogP contribution >= 0.6 is 0 Å². The van der Waals surface area contributed by atoms with Gasteiger partial charge in [0, 0.05) is 18.0 Å². The topological polar surface area (TPSA) is 17.8 Å². The molecule has 0 bridgehead atoms. The molecule has 1 heterocycles. The van der Waals surface area contributed by atoms with Crippen LogP contribution in [0.3, 0.4) is 0 Å².